The van der Waals surface area contributed by atoms with Crippen molar-refractivity contribution in [2.45, 2.75) is 65.3 Å². The van der Waals surface area contributed by atoms with Gasteiger partial charge in [-0.15, -0.1) is 0 Å². The van der Waals surface area contributed by atoms with Crippen LogP contribution < -0.4 is 20.1 Å². The molecule has 0 saturated heterocycles. The molecule has 0 radical (unpaired) electrons. The fourth-order valence-corrected chi connectivity index (χ4v) is 4.25. The molecule has 0 saturated carbocycles. The number of fused-ring (bicyclic) bond motifs is 2. The number of hydrogen-bond acceptors (Lipinski definition) is 6. The monoisotopic (exact) mass is 495 g/mol. The van der Waals surface area contributed by atoms with E-state index in [9.17, 15) is 14.4 Å². The van der Waals surface area contributed by atoms with Crippen LogP contribution in [0.15, 0.2) is 42.5 Å². The van der Waals surface area contributed by atoms with Gasteiger partial charge in [0, 0.05) is 18.2 Å². The van der Waals surface area contributed by atoms with Gasteiger partial charge < -0.3 is 24.8 Å². The maximum atomic E-state index is 13.5. The average molecular weight is 496 g/mol. The summed E-state index contributed by atoms with van der Waals surface area (Å²) in [5, 5.41) is 5.73. The Kier molecular flexibility index (Phi) is 7.10. The van der Waals surface area contributed by atoms with Crippen molar-refractivity contribution in [1.82, 2.24) is 10.2 Å². The lowest BCUT2D eigenvalue weighted by molar-refractivity contribution is -0.131. The Morgan fingerprint density at radius 2 is 1.72 bits per heavy atom. The largest absolute Gasteiger partial charge is 0.454 e. The fourth-order valence-electron chi connectivity index (χ4n) is 4.25. The van der Waals surface area contributed by atoms with Crippen molar-refractivity contribution in [3.05, 3.63) is 53.6 Å². The molecule has 9 nitrogen and oxygen atoms in total. The number of carbonyl (C=O) groups excluding carboxylic acids is 3. The molecular weight excluding hydrogens is 462 g/mol. The molecule has 2 aromatic carbocycles. The van der Waals surface area contributed by atoms with Crippen LogP contribution in [-0.4, -0.2) is 47.3 Å². The van der Waals surface area contributed by atoms with Gasteiger partial charge in [-0.1, -0.05) is 38.1 Å². The van der Waals surface area contributed by atoms with Crippen LogP contribution in [0.3, 0.4) is 0 Å². The minimum absolute atomic E-state index is 0.135. The molecule has 2 N–H and O–H groups in total. The summed E-state index contributed by atoms with van der Waals surface area (Å²) in [6, 6.07) is 11.2. The van der Waals surface area contributed by atoms with Gasteiger partial charge in [0.15, 0.2) is 11.5 Å². The highest BCUT2D eigenvalue weighted by atomic mass is 16.7. The number of ether oxygens (including phenoxy) is 3. The number of anilines is 1. The zero-order chi connectivity index (χ0) is 26.0. The van der Waals surface area contributed by atoms with Crippen LogP contribution in [0.2, 0.25) is 0 Å². The number of carbonyl (C=O) groups is 3. The van der Waals surface area contributed by atoms with Crippen LogP contribution in [0.4, 0.5) is 10.5 Å². The molecular formula is C27H33N3O6. The number of nitrogens with one attached hydrogen (secondary N) is 2. The lowest BCUT2D eigenvalue weighted by atomic mass is 9.93. The molecule has 0 aromatic heterocycles. The van der Waals surface area contributed by atoms with Gasteiger partial charge in [-0.05, 0) is 49.9 Å². The van der Waals surface area contributed by atoms with Crippen molar-refractivity contribution in [3.63, 3.8) is 0 Å². The molecule has 2 unspecified atom stereocenters. The molecule has 9 heteroatoms. The van der Waals surface area contributed by atoms with Crippen LogP contribution in [0, 0.1) is 5.92 Å². The fraction of sp³-hybridized carbons (Fsp3) is 0.444. The van der Waals surface area contributed by atoms with Gasteiger partial charge in [0.05, 0.1) is 6.54 Å². The number of nitrogens with zero attached hydrogens (tertiary/aromatic N) is 1. The molecule has 4 rings (SSSR count). The zero-order valence-corrected chi connectivity index (χ0v) is 21.3. The lowest BCUT2D eigenvalue weighted by Gasteiger charge is -2.37. The number of amides is 3. The smallest absolute Gasteiger partial charge is 0.411 e. The van der Waals surface area contributed by atoms with Crippen LogP contribution in [0.25, 0.3) is 0 Å². The Morgan fingerprint density at radius 1 is 1.03 bits per heavy atom. The van der Waals surface area contributed by atoms with Crippen LogP contribution in [0.5, 0.6) is 11.5 Å². The van der Waals surface area contributed by atoms with E-state index in [1.54, 1.807) is 39.0 Å². The summed E-state index contributed by atoms with van der Waals surface area (Å²) in [4.78, 5) is 41.2. The lowest BCUT2D eigenvalue weighted by Crippen LogP contribution is -2.57. The van der Waals surface area contributed by atoms with Gasteiger partial charge in [0.1, 0.15) is 17.7 Å². The van der Waals surface area contributed by atoms with Gasteiger partial charge in [0.2, 0.25) is 18.6 Å². The summed E-state index contributed by atoms with van der Waals surface area (Å²) >= 11 is 0. The van der Waals surface area contributed by atoms with Gasteiger partial charge in [-0.3, -0.25) is 14.5 Å². The molecule has 2 heterocycles. The Hall–Kier alpha value is -3.75. The number of rotatable bonds is 5. The van der Waals surface area contributed by atoms with E-state index in [1.165, 1.54) is 4.90 Å². The Morgan fingerprint density at radius 3 is 2.42 bits per heavy atom. The Balaban J connectivity index is 1.52. The number of benzene rings is 2. The van der Waals surface area contributed by atoms with E-state index in [-0.39, 0.29) is 25.2 Å². The maximum absolute atomic E-state index is 13.5. The summed E-state index contributed by atoms with van der Waals surface area (Å²) in [6.45, 7) is 9.44. The van der Waals surface area contributed by atoms with Crippen LogP contribution in [0.1, 0.15) is 45.7 Å². The highest BCUT2D eigenvalue weighted by Crippen LogP contribution is 2.34. The highest BCUT2D eigenvalue weighted by Gasteiger charge is 2.38. The predicted octanol–water partition coefficient (Wildman–Crippen LogP) is 3.86. The van der Waals surface area contributed by atoms with Crippen molar-refractivity contribution >= 4 is 23.6 Å². The quantitative estimate of drug-likeness (QED) is 0.653. The summed E-state index contributed by atoms with van der Waals surface area (Å²) in [5.41, 5.74) is 1.78. The molecule has 0 bridgehead atoms. The summed E-state index contributed by atoms with van der Waals surface area (Å²) < 4.78 is 16.3. The minimum Gasteiger partial charge on any atom is -0.454 e. The third-order valence-electron chi connectivity index (χ3n) is 6.07. The second-order valence-electron chi connectivity index (χ2n) is 10.4. The molecule has 192 valence electrons. The molecule has 3 amide bonds. The molecule has 36 heavy (non-hydrogen) atoms. The topological polar surface area (TPSA) is 106 Å². The first-order valence-corrected chi connectivity index (χ1v) is 12.1. The average Bonchev–Trinajstić information content (AvgIpc) is 3.28. The molecule has 0 aliphatic carbocycles. The van der Waals surface area contributed by atoms with E-state index in [1.807, 2.05) is 38.1 Å². The van der Waals surface area contributed by atoms with E-state index >= 15 is 0 Å². The number of hydrogen-bond donors (Lipinski definition) is 2. The first-order valence-electron chi connectivity index (χ1n) is 12.1. The van der Waals surface area contributed by atoms with Gasteiger partial charge in [0.25, 0.3) is 0 Å². The standard InChI is InChI=1S/C27H33N3O6/c1-16(2)23(25(32)28-19-10-11-21-22(13-19)35-15-34-21)29-24(31)20-12-17-8-6-7-9-18(17)14-30(20)26(33)36-27(3,4)5/h6-11,13,16,20,23H,12,14-15H2,1-5H3,(H,28,32)(H,29,31). The zero-order valence-electron chi connectivity index (χ0n) is 21.3. The van der Waals surface area contributed by atoms with E-state index in [0.717, 1.165) is 11.1 Å². The Labute approximate surface area is 211 Å². The van der Waals surface area contributed by atoms with Crippen molar-refractivity contribution < 1.29 is 28.6 Å². The van der Waals surface area contributed by atoms with Gasteiger partial charge in [-0.2, -0.15) is 0 Å². The first kappa shape index (κ1) is 25.3. The van der Waals surface area contributed by atoms with Gasteiger partial charge in [-0.25, -0.2) is 4.79 Å². The summed E-state index contributed by atoms with van der Waals surface area (Å²) in [6.07, 6.45) is -0.237. The second-order valence-corrected chi connectivity index (χ2v) is 10.4. The van der Waals surface area contributed by atoms with Crippen LogP contribution >= 0.6 is 0 Å². The molecule has 0 fully saturated rings. The maximum Gasteiger partial charge on any atom is 0.411 e. The van der Waals surface area contributed by atoms with E-state index < -0.39 is 29.7 Å². The van der Waals surface area contributed by atoms with E-state index in [4.69, 9.17) is 14.2 Å². The van der Waals surface area contributed by atoms with Crippen LogP contribution in [-0.2, 0) is 27.3 Å². The third-order valence-corrected chi connectivity index (χ3v) is 6.07. The third kappa shape index (κ3) is 5.72. The highest BCUT2D eigenvalue weighted by molar-refractivity contribution is 5.98. The van der Waals surface area contributed by atoms with Crippen molar-refractivity contribution in [2.24, 2.45) is 5.92 Å². The summed E-state index contributed by atoms with van der Waals surface area (Å²) in [7, 11) is 0. The van der Waals surface area contributed by atoms with Gasteiger partial charge >= 0.3 is 6.09 Å². The van der Waals surface area contributed by atoms with E-state index in [2.05, 4.69) is 10.6 Å². The van der Waals surface area contributed by atoms with Crippen molar-refractivity contribution in [2.75, 3.05) is 12.1 Å². The van der Waals surface area contributed by atoms with Crippen molar-refractivity contribution in [1.29, 1.82) is 0 Å². The molecule has 2 aliphatic rings. The van der Waals surface area contributed by atoms with Crippen molar-refractivity contribution in [3.8, 4) is 11.5 Å². The molecule has 2 atom stereocenters. The normalized spacial score (nSPS) is 17.3. The SMILES string of the molecule is CC(C)C(NC(=O)C1Cc2ccccc2CN1C(=O)OC(C)(C)C)C(=O)Nc1ccc2c(c1)OCO2. The molecule has 0 spiro atoms. The molecule has 2 aliphatic heterocycles. The molecule has 2 aromatic rings. The Bertz CT molecular complexity index is 1160. The minimum atomic E-state index is -0.819. The summed E-state index contributed by atoms with van der Waals surface area (Å²) in [5.74, 6) is 0.189. The first-order chi connectivity index (χ1) is 17.0. The second kappa shape index (κ2) is 10.1. The predicted molar refractivity (Wildman–Crippen MR) is 134 cm³/mol. The van der Waals surface area contributed by atoms with E-state index in [0.29, 0.717) is 23.6 Å².